The second kappa shape index (κ2) is 8.95. The van der Waals surface area contributed by atoms with Crippen LogP contribution in [0.15, 0.2) is 0 Å². The molecule has 4 heteroatoms. The molecule has 0 aromatic carbocycles. The summed E-state index contributed by atoms with van der Waals surface area (Å²) in [5.41, 5.74) is 0. The molecule has 0 saturated heterocycles. The summed E-state index contributed by atoms with van der Waals surface area (Å²) >= 11 is 0. The van der Waals surface area contributed by atoms with E-state index in [1.165, 1.54) is 0 Å². The van der Waals surface area contributed by atoms with E-state index < -0.39 is 9.29 Å². The van der Waals surface area contributed by atoms with Gasteiger partial charge in [0.15, 0.2) is 0 Å². The SMILES string of the molecule is O=[Si]=O.[Ca]. The van der Waals surface area contributed by atoms with Crippen LogP contribution in [0.4, 0.5) is 0 Å². The van der Waals surface area contributed by atoms with Crippen molar-refractivity contribution in [1.29, 1.82) is 0 Å². The Kier molecular flexibility index (Phi) is 19.9. The zero-order chi connectivity index (χ0) is 2.71. The first kappa shape index (κ1) is 8.91. The molecule has 0 fully saturated rings. The van der Waals surface area contributed by atoms with Gasteiger partial charge >= 0.3 is 9.29 Å². The van der Waals surface area contributed by atoms with E-state index in [2.05, 4.69) is 0 Å². The molecule has 0 saturated carbocycles. The van der Waals surface area contributed by atoms with Gasteiger partial charge in [0, 0.05) is 37.7 Å². The van der Waals surface area contributed by atoms with E-state index in [4.69, 9.17) is 8.92 Å². The van der Waals surface area contributed by atoms with Gasteiger partial charge in [0.2, 0.25) is 0 Å². The molecule has 0 atom stereocenters. The number of hydrogen-bond donors (Lipinski definition) is 0. The first-order valence-corrected chi connectivity index (χ1v) is 1.22. The number of hydrogen-bond acceptors (Lipinski definition) is 2. The van der Waals surface area contributed by atoms with Crippen LogP contribution >= 0.6 is 0 Å². The summed E-state index contributed by atoms with van der Waals surface area (Å²) in [7, 11) is -1.42. The van der Waals surface area contributed by atoms with Crippen molar-refractivity contribution in [3.63, 3.8) is 0 Å². The van der Waals surface area contributed by atoms with Crippen molar-refractivity contribution in [3.8, 4) is 0 Å². The molecule has 0 spiro atoms. The Morgan fingerprint density at radius 2 is 1.25 bits per heavy atom. The molecule has 0 bridgehead atoms. The third kappa shape index (κ3) is 11.4. The minimum atomic E-state index is -1.42. The molecule has 0 aliphatic heterocycles. The molecule has 2 nitrogen and oxygen atoms in total. The van der Waals surface area contributed by atoms with E-state index in [1.807, 2.05) is 0 Å². The minimum Gasteiger partial charge on any atom is -0.274 e. The van der Waals surface area contributed by atoms with E-state index >= 15 is 0 Å². The maximum Gasteiger partial charge on any atom is 0.549 e. The maximum atomic E-state index is 8.40. The fourth-order valence-electron chi connectivity index (χ4n) is 0. The molecule has 4 heavy (non-hydrogen) atoms. The van der Waals surface area contributed by atoms with Crippen LogP contribution in [0.3, 0.4) is 0 Å². The Morgan fingerprint density at radius 1 is 1.25 bits per heavy atom. The van der Waals surface area contributed by atoms with Crippen LogP contribution < -0.4 is 0 Å². The monoisotopic (exact) mass is 99.9 g/mol. The Balaban J connectivity index is 0. The maximum absolute atomic E-state index is 8.40. The van der Waals surface area contributed by atoms with Crippen molar-refractivity contribution in [1.82, 2.24) is 0 Å². The minimum absolute atomic E-state index is 0. The van der Waals surface area contributed by atoms with Gasteiger partial charge in [-0.3, -0.25) is 8.92 Å². The van der Waals surface area contributed by atoms with Crippen molar-refractivity contribution >= 4 is 47.0 Å². The van der Waals surface area contributed by atoms with Gasteiger partial charge in [0.1, 0.15) is 0 Å². The van der Waals surface area contributed by atoms with Gasteiger partial charge in [-0.05, 0) is 0 Å². The fourth-order valence-corrected chi connectivity index (χ4v) is 0. The predicted octanol–water partition coefficient (Wildman–Crippen LogP) is -0.999. The Labute approximate surface area is 55.5 Å². The zero-order valence-corrected chi connectivity index (χ0v) is 5.23. The van der Waals surface area contributed by atoms with Crippen LogP contribution in [0.1, 0.15) is 0 Å². The molecule has 0 aromatic rings. The summed E-state index contributed by atoms with van der Waals surface area (Å²) in [6.45, 7) is 0. The van der Waals surface area contributed by atoms with Crippen LogP contribution in [-0.4, -0.2) is 47.0 Å². The van der Waals surface area contributed by atoms with E-state index in [9.17, 15) is 0 Å². The Hall–Kier alpha value is 1.08. The van der Waals surface area contributed by atoms with Gasteiger partial charge in [-0.1, -0.05) is 0 Å². The molecule has 0 N–H and O–H groups in total. The summed E-state index contributed by atoms with van der Waals surface area (Å²) in [6, 6.07) is 0. The molecule has 0 heterocycles. The van der Waals surface area contributed by atoms with Gasteiger partial charge < -0.3 is 0 Å². The standard InChI is InChI=1S/Ca.O2Si/c;1-3-2. The van der Waals surface area contributed by atoms with Crippen LogP contribution in [0, 0.1) is 0 Å². The first-order valence-electron chi connectivity index (χ1n) is 0.408. The second-order valence-electron chi connectivity index (χ2n) is 0.0833. The van der Waals surface area contributed by atoms with Crippen LogP contribution in [0.25, 0.3) is 0 Å². The van der Waals surface area contributed by atoms with Crippen molar-refractivity contribution < 1.29 is 8.92 Å². The van der Waals surface area contributed by atoms with E-state index in [0.29, 0.717) is 0 Å². The van der Waals surface area contributed by atoms with Crippen molar-refractivity contribution in [3.05, 3.63) is 0 Å². The molecule has 0 aliphatic carbocycles. The molecular formula is CaO2Si. The zero-order valence-electron chi connectivity index (χ0n) is 2.02. The van der Waals surface area contributed by atoms with Crippen LogP contribution in [-0.2, 0) is 8.92 Å². The molecule has 18 valence electrons. The van der Waals surface area contributed by atoms with E-state index in [0.717, 1.165) is 0 Å². The molecule has 0 amide bonds. The third-order valence-corrected chi connectivity index (χ3v) is 0. The Morgan fingerprint density at radius 3 is 1.25 bits per heavy atom. The van der Waals surface area contributed by atoms with Crippen molar-refractivity contribution in [2.45, 2.75) is 0 Å². The summed E-state index contributed by atoms with van der Waals surface area (Å²) in [4.78, 5) is 0. The summed E-state index contributed by atoms with van der Waals surface area (Å²) in [6.07, 6.45) is 0. The van der Waals surface area contributed by atoms with Gasteiger partial charge in [-0.25, -0.2) is 0 Å². The molecule has 0 aromatic heterocycles. The topological polar surface area (TPSA) is 34.1 Å². The van der Waals surface area contributed by atoms with Gasteiger partial charge in [0.25, 0.3) is 0 Å². The predicted molar refractivity (Wildman–Crippen MR) is 12.9 cm³/mol. The molecule has 0 rings (SSSR count). The normalized spacial score (nSPS) is 2.00. The first-order chi connectivity index (χ1) is 1.41. The molecule has 0 unspecified atom stereocenters. The van der Waals surface area contributed by atoms with Crippen molar-refractivity contribution in [2.24, 2.45) is 0 Å². The third-order valence-electron chi connectivity index (χ3n) is 0. The summed E-state index contributed by atoms with van der Waals surface area (Å²) in [5.74, 6) is 0. The summed E-state index contributed by atoms with van der Waals surface area (Å²) in [5, 5.41) is 0. The second-order valence-corrected chi connectivity index (χ2v) is 0.250. The van der Waals surface area contributed by atoms with E-state index in [1.54, 1.807) is 0 Å². The largest absolute Gasteiger partial charge is 0.549 e. The summed E-state index contributed by atoms with van der Waals surface area (Å²) < 4.78 is 16.8. The van der Waals surface area contributed by atoms with Gasteiger partial charge in [-0.2, -0.15) is 0 Å². The van der Waals surface area contributed by atoms with Gasteiger partial charge in [0.05, 0.1) is 0 Å². The van der Waals surface area contributed by atoms with Crippen molar-refractivity contribution in [2.75, 3.05) is 0 Å². The fraction of sp³-hybridized carbons (Fsp3) is 0. The van der Waals surface area contributed by atoms with E-state index in [-0.39, 0.29) is 37.7 Å². The molecular weight excluding hydrogens is 100 g/mol. The quantitative estimate of drug-likeness (QED) is 0.366. The number of rotatable bonds is 0. The average Bonchev–Trinajstić information content (AvgIpc) is 0.918. The molecule has 0 aliphatic rings. The van der Waals surface area contributed by atoms with Crippen LogP contribution in [0.2, 0.25) is 0 Å². The average molecular weight is 100 g/mol. The smallest absolute Gasteiger partial charge is 0.274 e. The molecule has 2 radical (unpaired) electrons. The van der Waals surface area contributed by atoms with Gasteiger partial charge in [-0.15, -0.1) is 0 Å². The Bertz CT molecular complexity index is 27.0. The van der Waals surface area contributed by atoms with Crippen LogP contribution in [0.5, 0.6) is 0 Å².